The summed E-state index contributed by atoms with van der Waals surface area (Å²) in [6, 6.07) is 20.5. The van der Waals surface area contributed by atoms with Gasteiger partial charge in [-0.15, -0.1) is 0 Å². The minimum atomic E-state index is -0.272. The normalized spacial score (nSPS) is 11.3. The molecular formula is C25H20FN3O. The van der Waals surface area contributed by atoms with Crippen molar-refractivity contribution in [2.24, 2.45) is 0 Å². The summed E-state index contributed by atoms with van der Waals surface area (Å²) in [6.07, 6.45) is 1.84. The van der Waals surface area contributed by atoms with Crippen LogP contribution in [0.5, 0.6) is 5.75 Å². The predicted molar refractivity (Wildman–Crippen MR) is 118 cm³/mol. The first-order chi connectivity index (χ1) is 14.6. The lowest BCUT2D eigenvalue weighted by atomic mass is 10.1. The molecule has 0 atom stereocenters. The Kier molecular flexibility index (Phi) is 4.43. The predicted octanol–water partition coefficient (Wildman–Crippen LogP) is 6.09. The average Bonchev–Trinajstić information content (AvgIpc) is 3.15. The van der Waals surface area contributed by atoms with E-state index in [4.69, 9.17) is 9.84 Å². The van der Waals surface area contributed by atoms with Crippen LogP contribution in [0.15, 0.2) is 72.9 Å². The molecule has 4 nitrogen and oxygen atoms in total. The van der Waals surface area contributed by atoms with Crippen LogP contribution in [-0.4, -0.2) is 21.4 Å². The summed E-state index contributed by atoms with van der Waals surface area (Å²) in [5.41, 5.74) is 5.55. The Labute approximate surface area is 173 Å². The molecule has 5 rings (SSSR count). The summed E-state index contributed by atoms with van der Waals surface area (Å²) in [4.78, 5) is 4.65. The molecule has 0 unspecified atom stereocenters. The highest BCUT2D eigenvalue weighted by atomic mass is 19.1. The van der Waals surface area contributed by atoms with Gasteiger partial charge in [-0.1, -0.05) is 17.7 Å². The summed E-state index contributed by atoms with van der Waals surface area (Å²) in [5, 5.41) is 6.79. The second-order valence-electron chi connectivity index (χ2n) is 7.24. The van der Waals surface area contributed by atoms with Crippen LogP contribution >= 0.6 is 0 Å². The summed E-state index contributed by atoms with van der Waals surface area (Å²) in [6.45, 7) is 4.61. The van der Waals surface area contributed by atoms with Crippen LogP contribution in [-0.2, 0) is 0 Å². The third kappa shape index (κ3) is 3.08. The van der Waals surface area contributed by atoms with E-state index in [2.05, 4.69) is 36.2 Å². The molecule has 3 aromatic carbocycles. The van der Waals surface area contributed by atoms with Gasteiger partial charge in [0.25, 0.3) is 0 Å². The van der Waals surface area contributed by atoms with E-state index in [0.29, 0.717) is 6.61 Å². The number of pyridine rings is 1. The van der Waals surface area contributed by atoms with Gasteiger partial charge in [-0.25, -0.2) is 9.07 Å². The van der Waals surface area contributed by atoms with Crippen molar-refractivity contribution in [3.8, 4) is 22.7 Å². The van der Waals surface area contributed by atoms with Gasteiger partial charge in [-0.05, 0) is 68.4 Å². The van der Waals surface area contributed by atoms with Crippen LogP contribution in [0.2, 0.25) is 0 Å². The van der Waals surface area contributed by atoms with Gasteiger partial charge in [-0.2, -0.15) is 5.10 Å². The number of ether oxygens (including phenoxy) is 1. The molecule has 0 amide bonds. The van der Waals surface area contributed by atoms with Gasteiger partial charge in [0.15, 0.2) is 0 Å². The molecule has 0 saturated heterocycles. The number of fused-ring (bicyclic) bond motifs is 3. The summed E-state index contributed by atoms with van der Waals surface area (Å²) in [7, 11) is 0. The van der Waals surface area contributed by atoms with Crippen LogP contribution in [0.4, 0.5) is 4.39 Å². The third-order valence-electron chi connectivity index (χ3n) is 5.19. The van der Waals surface area contributed by atoms with Gasteiger partial charge in [-0.3, -0.25) is 4.98 Å². The number of nitrogens with zero attached hydrogens (tertiary/aromatic N) is 3. The molecule has 148 valence electrons. The molecule has 5 heteroatoms. The van der Waals surface area contributed by atoms with Crippen molar-refractivity contribution in [1.29, 1.82) is 0 Å². The van der Waals surface area contributed by atoms with E-state index in [9.17, 15) is 4.39 Å². The van der Waals surface area contributed by atoms with Crippen LogP contribution in [0.1, 0.15) is 12.5 Å². The average molecular weight is 397 g/mol. The van der Waals surface area contributed by atoms with Crippen molar-refractivity contribution in [3.63, 3.8) is 0 Å². The fraction of sp³-hybridized carbons (Fsp3) is 0.120. The zero-order valence-corrected chi connectivity index (χ0v) is 16.8. The summed E-state index contributed by atoms with van der Waals surface area (Å²) < 4.78 is 21.2. The van der Waals surface area contributed by atoms with Gasteiger partial charge in [0, 0.05) is 22.5 Å². The Morgan fingerprint density at radius 1 is 0.933 bits per heavy atom. The lowest BCUT2D eigenvalue weighted by molar-refractivity contribution is 0.341. The van der Waals surface area contributed by atoms with Crippen LogP contribution in [0, 0.1) is 12.7 Å². The lowest BCUT2D eigenvalue weighted by Crippen LogP contribution is -1.98. The molecule has 0 aliphatic carbocycles. The molecule has 2 aromatic heterocycles. The molecule has 0 saturated carbocycles. The molecule has 2 heterocycles. The molecule has 5 aromatic rings. The Balaban J connectivity index is 1.86. The number of aryl methyl sites for hydroxylation is 1. The number of aromatic nitrogens is 3. The monoisotopic (exact) mass is 397 g/mol. The second kappa shape index (κ2) is 7.26. The number of hydrogen-bond acceptors (Lipinski definition) is 3. The van der Waals surface area contributed by atoms with Crippen molar-refractivity contribution in [3.05, 3.63) is 84.3 Å². The molecule has 0 fully saturated rings. The van der Waals surface area contributed by atoms with Gasteiger partial charge in [0.1, 0.15) is 17.3 Å². The first kappa shape index (κ1) is 18.3. The third-order valence-corrected chi connectivity index (χ3v) is 5.19. The highest BCUT2D eigenvalue weighted by Gasteiger charge is 2.17. The zero-order valence-electron chi connectivity index (χ0n) is 16.8. The number of halogens is 1. The van der Waals surface area contributed by atoms with Gasteiger partial charge in [0.05, 0.1) is 23.3 Å². The Hall–Kier alpha value is -3.73. The second-order valence-corrected chi connectivity index (χ2v) is 7.24. The van der Waals surface area contributed by atoms with E-state index in [1.54, 1.807) is 12.1 Å². The smallest absolute Gasteiger partial charge is 0.123 e. The van der Waals surface area contributed by atoms with E-state index < -0.39 is 0 Å². The van der Waals surface area contributed by atoms with Crippen molar-refractivity contribution >= 4 is 21.8 Å². The molecule has 0 bridgehead atoms. The number of rotatable bonds is 4. The van der Waals surface area contributed by atoms with E-state index in [-0.39, 0.29) is 5.82 Å². The first-order valence-corrected chi connectivity index (χ1v) is 9.91. The standard InChI is InChI=1S/C25H20FN3O/c1-3-30-20-12-13-23-21(14-20)25-22(15-27-23)24(17-6-8-18(26)9-7-17)28-29(25)19-10-4-16(2)5-11-19/h4-15H,3H2,1-2H3. The summed E-state index contributed by atoms with van der Waals surface area (Å²) >= 11 is 0. The Morgan fingerprint density at radius 3 is 2.43 bits per heavy atom. The Bertz CT molecular complexity index is 1360. The van der Waals surface area contributed by atoms with Crippen LogP contribution in [0.3, 0.4) is 0 Å². The quantitative estimate of drug-likeness (QED) is 0.369. The largest absolute Gasteiger partial charge is 0.494 e. The first-order valence-electron chi connectivity index (χ1n) is 9.91. The lowest BCUT2D eigenvalue weighted by Gasteiger charge is -2.08. The number of benzene rings is 3. The molecule has 0 spiro atoms. The fourth-order valence-corrected chi connectivity index (χ4v) is 3.71. The van der Waals surface area contributed by atoms with E-state index >= 15 is 0 Å². The zero-order chi connectivity index (χ0) is 20.7. The van der Waals surface area contributed by atoms with Gasteiger partial charge < -0.3 is 4.74 Å². The van der Waals surface area contributed by atoms with Gasteiger partial charge >= 0.3 is 0 Å². The maximum Gasteiger partial charge on any atom is 0.123 e. The van der Waals surface area contributed by atoms with Crippen molar-refractivity contribution in [1.82, 2.24) is 14.8 Å². The number of hydrogen-bond donors (Lipinski definition) is 0. The maximum absolute atomic E-state index is 13.5. The molecule has 0 radical (unpaired) electrons. The topological polar surface area (TPSA) is 39.9 Å². The SMILES string of the molecule is CCOc1ccc2ncc3c(-c4ccc(F)cc4)nn(-c4ccc(C)cc4)c3c2c1. The highest BCUT2D eigenvalue weighted by molar-refractivity contribution is 6.09. The minimum Gasteiger partial charge on any atom is -0.494 e. The maximum atomic E-state index is 13.5. The molecular weight excluding hydrogens is 377 g/mol. The molecule has 0 N–H and O–H groups in total. The molecule has 0 aliphatic heterocycles. The molecule has 30 heavy (non-hydrogen) atoms. The highest BCUT2D eigenvalue weighted by Crippen LogP contribution is 2.35. The van der Waals surface area contributed by atoms with E-state index in [1.165, 1.54) is 17.7 Å². The Morgan fingerprint density at radius 2 is 1.70 bits per heavy atom. The minimum absolute atomic E-state index is 0.272. The summed E-state index contributed by atoms with van der Waals surface area (Å²) in [5.74, 6) is 0.519. The van der Waals surface area contributed by atoms with Crippen molar-refractivity contribution < 1.29 is 9.13 Å². The van der Waals surface area contributed by atoms with Crippen molar-refractivity contribution in [2.75, 3.05) is 6.61 Å². The van der Waals surface area contributed by atoms with Crippen LogP contribution < -0.4 is 4.74 Å². The van der Waals surface area contributed by atoms with Crippen LogP contribution in [0.25, 0.3) is 38.8 Å². The van der Waals surface area contributed by atoms with Crippen molar-refractivity contribution in [2.45, 2.75) is 13.8 Å². The van der Waals surface area contributed by atoms with E-state index in [0.717, 1.165) is 44.5 Å². The van der Waals surface area contributed by atoms with Gasteiger partial charge in [0.2, 0.25) is 0 Å². The fourth-order valence-electron chi connectivity index (χ4n) is 3.71. The molecule has 0 aliphatic rings. The van der Waals surface area contributed by atoms with E-state index in [1.807, 2.05) is 36.0 Å².